The fourth-order valence-electron chi connectivity index (χ4n) is 9.06. The van der Waals surface area contributed by atoms with Crippen molar-refractivity contribution in [1.29, 1.82) is 5.26 Å². The standard InChI is InChI=1S/C41H58N2O3/c1-10-36(2,3)20-21-38(6,18-17-34(45)43-28-29-14-12-11-13-15-29)22-23-39(7)26-31(44)24-33-40(8)25-30(27-42)35(46)37(4,5)32(40)16-19-41(33,39)9/h11-15,24-25,32H,10,16-23,26,28H2,1-9H3,(H,43,45)/t32-,38-,39+,40-,41+/m0/s1. The number of fused-ring (bicyclic) bond motifs is 3. The molecule has 1 amide bonds. The monoisotopic (exact) mass is 626 g/mol. The van der Waals surface area contributed by atoms with Crippen LogP contribution in [0.3, 0.4) is 0 Å². The highest BCUT2D eigenvalue weighted by Crippen LogP contribution is 2.69. The molecule has 3 aliphatic carbocycles. The van der Waals surface area contributed by atoms with Crippen LogP contribution in [0, 0.1) is 49.7 Å². The highest BCUT2D eigenvalue weighted by Gasteiger charge is 2.63. The van der Waals surface area contributed by atoms with Crippen molar-refractivity contribution >= 4 is 17.5 Å². The molecule has 4 rings (SSSR count). The third kappa shape index (κ3) is 6.83. The van der Waals surface area contributed by atoms with E-state index in [1.54, 1.807) is 0 Å². The molecule has 5 nitrogen and oxygen atoms in total. The van der Waals surface area contributed by atoms with E-state index in [2.05, 4.69) is 59.9 Å². The van der Waals surface area contributed by atoms with Gasteiger partial charge in [0.15, 0.2) is 11.6 Å². The van der Waals surface area contributed by atoms with E-state index in [4.69, 9.17) is 0 Å². The van der Waals surface area contributed by atoms with Gasteiger partial charge in [-0.2, -0.15) is 5.26 Å². The summed E-state index contributed by atoms with van der Waals surface area (Å²) in [6.45, 7) is 20.6. The average Bonchev–Trinajstić information content (AvgIpc) is 3.01. The van der Waals surface area contributed by atoms with Crippen LogP contribution < -0.4 is 5.32 Å². The van der Waals surface area contributed by atoms with Gasteiger partial charge in [0.05, 0.1) is 5.57 Å². The Morgan fingerprint density at radius 1 is 1.00 bits per heavy atom. The van der Waals surface area contributed by atoms with Crippen LogP contribution in [0.15, 0.2) is 53.6 Å². The summed E-state index contributed by atoms with van der Waals surface area (Å²) in [5, 5.41) is 13.1. The smallest absolute Gasteiger partial charge is 0.220 e. The van der Waals surface area contributed by atoms with Crippen molar-refractivity contribution in [2.45, 2.75) is 133 Å². The van der Waals surface area contributed by atoms with Crippen molar-refractivity contribution in [1.82, 2.24) is 5.32 Å². The summed E-state index contributed by atoms with van der Waals surface area (Å²) in [6.07, 6.45) is 12.4. The summed E-state index contributed by atoms with van der Waals surface area (Å²) in [5.41, 5.74) is 0.907. The highest BCUT2D eigenvalue weighted by molar-refractivity contribution is 6.04. The number of nitrogens with zero attached hydrogens (tertiary/aromatic N) is 1. The van der Waals surface area contributed by atoms with Crippen LogP contribution in [0.5, 0.6) is 0 Å². The largest absolute Gasteiger partial charge is 0.352 e. The number of rotatable bonds is 12. The van der Waals surface area contributed by atoms with Crippen LogP contribution in [0.25, 0.3) is 0 Å². The lowest BCUT2D eigenvalue weighted by Crippen LogP contribution is -2.57. The second-order valence-electron chi connectivity index (χ2n) is 17.3. The Balaban J connectivity index is 1.58. The van der Waals surface area contributed by atoms with E-state index in [1.807, 2.05) is 56.3 Å². The molecule has 0 spiro atoms. The van der Waals surface area contributed by atoms with E-state index in [9.17, 15) is 19.6 Å². The molecule has 0 aliphatic heterocycles. The second-order valence-corrected chi connectivity index (χ2v) is 17.3. The molecule has 5 atom stereocenters. The molecule has 1 aromatic rings. The fourth-order valence-corrected chi connectivity index (χ4v) is 9.06. The number of hydrogen-bond donors (Lipinski definition) is 1. The molecule has 5 heteroatoms. The highest BCUT2D eigenvalue weighted by atomic mass is 16.1. The number of ketones is 2. The van der Waals surface area contributed by atoms with Crippen molar-refractivity contribution in [3.8, 4) is 6.07 Å². The molecule has 1 saturated carbocycles. The molecule has 3 aliphatic rings. The molecule has 46 heavy (non-hydrogen) atoms. The first-order valence-electron chi connectivity index (χ1n) is 17.6. The quantitative estimate of drug-likeness (QED) is 0.250. The summed E-state index contributed by atoms with van der Waals surface area (Å²) >= 11 is 0. The van der Waals surface area contributed by atoms with Crippen molar-refractivity contribution in [2.24, 2.45) is 38.4 Å². The first-order chi connectivity index (χ1) is 21.3. The van der Waals surface area contributed by atoms with Gasteiger partial charge in [0, 0.05) is 30.2 Å². The zero-order valence-electron chi connectivity index (χ0n) is 30.1. The Morgan fingerprint density at radius 2 is 1.67 bits per heavy atom. The maximum absolute atomic E-state index is 13.6. The number of Topliss-reactive ketones (excluding diaryl/α,β-unsaturated/α-hetero) is 1. The maximum Gasteiger partial charge on any atom is 0.220 e. The Kier molecular flexibility index (Phi) is 10.0. The van der Waals surface area contributed by atoms with Gasteiger partial charge in [0.2, 0.25) is 5.91 Å². The molecule has 0 saturated heterocycles. The zero-order chi connectivity index (χ0) is 34.2. The Hall–Kier alpha value is -3.00. The third-order valence-electron chi connectivity index (χ3n) is 13.2. The number of nitrogens with one attached hydrogen (secondary N) is 1. The van der Waals surface area contributed by atoms with Crippen LogP contribution >= 0.6 is 0 Å². The minimum Gasteiger partial charge on any atom is -0.352 e. The molecule has 0 heterocycles. The first-order valence-corrected chi connectivity index (χ1v) is 17.6. The van der Waals surface area contributed by atoms with Crippen molar-refractivity contribution in [3.63, 3.8) is 0 Å². The summed E-state index contributed by atoms with van der Waals surface area (Å²) in [6, 6.07) is 12.2. The Morgan fingerprint density at radius 3 is 2.30 bits per heavy atom. The van der Waals surface area contributed by atoms with E-state index < -0.39 is 10.8 Å². The Labute approximate surface area is 278 Å². The van der Waals surface area contributed by atoms with Gasteiger partial charge in [-0.05, 0) is 84.2 Å². The number of hydrogen-bond acceptors (Lipinski definition) is 4. The predicted octanol–water partition coefficient (Wildman–Crippen LogP) is 9.47. The van der Waals surface area contributed by atoms with E-state index in [0.29, 0.717) is 19.4 Å². The fraction of sp³-hybridized carbons (Fsp3) is 0.659. The van der Waals surface area contributed by atoms with E-state index in [-0.39, 0.29) is 50.6 Å². The number of allylic oxidation sites excluding steroid dienone is 4. The lowest BCUT2D eigenvalue weighted by atomic mass is 9.40. The van der Waals surface area contributed by atoms with Gasteiger partial charge in [-0.25, -0.2) is 0 Å². The minimum absolute atomic E-state index is 0.0371. The van der Waals surface area contributed by atoms with E-state index >= 15 is 0 Å². The topological polar surface area (TPSA) is 87.0 Å². The van der Waals surface area contributed by atoms with Crippen LogP contribution in [0.2, 0.25) is 0 Å². The molecular weight excluding hydrogens is 568 g/mol. The summed E-state index contributed by atoms with van der Waals surface area (Å²) in [4.78, 5) is 40.0. The molecule has 250 valence electrons. The molecular formula is C41H58N2O3. The van der Waals surface area contributed by atoms with Crippen molar-refractivity contribution < 1.29 is 14.4 Å². The molecule has 0 unspecified atom stereocenters. The van der Waals surface area contributed by atoms with Crippen LogP contribution in [0.1, 0.15) is 132 Å². The van der Waals surface area contributed by atoms with Crippen molar-refractivity contribution in [2.75, 3.05) is 0 Å². The molecule has 0 bridgehead atoms. The van der Waals surface area contributed by atoms with Gasteiger partial charge in [0.25, 0.3) is 0 Å². The normalized spacial score (nSPS) is 30.2. The Bertz CT molecular complexity index is 1450. The molecule has 0 radical (unpaired) electrons. The van der Waals surface area contributed by atoms with Gasteiger partial charge in [-0.15, -0.1) is 0 Å². The summed E-state index contributed by atoms with van der Waals surface area (Å²) in [5.74, 6) is 0.189. The van der Waals surface area contributed by atoms with E-state index in [1.165, 1.54) is 0 Å². The second kappa shape index (κ2) is 12.9. The molecule has 0 aromatic heterocycles. The van der Waals surface area contributed by atoms with Gasteiger partial charge in [-0.1, -0.05) is 111 Å². The molecule has 1 aromatic carbocycles. The number of benzene rings is 1. The predicted molar refractivity (Wildman–Crippen MR) is 185 cm³/mol. The zero-order valence-corrected chi connectivity index (χ0v) is 30.1. The van der Waals surface area contributed by atoms with Gasteiger partial charge >= 0.3 is 0 Å². The number of carbonyl (C=O) groups is 3. The average molecular weight is 627 g/mol. The van der Waals surface area contributed by atoms with E-state index in [0.717, 1.165) is 62.5 Å². The first kappa shape index (κ1) is 35.8. The minimum atomic E-state index is -0.667. The maximum atomic E-state index is 13.6. The van der Waals surface area contributed by atoms with Crippen LogP contribution in [-0.2, 0) is 20.9 Å². The number of carbonyl (C=O) groups excluding carboxylic acids is 3. The lowest BCUT2D eigenvalue weighted by Gasteiger charge is -2.63. The van der Waals surface area contributed by atoms with Crippen LogP contribution in [-0.4, -0.2) is 17.5 Å². The SMILES string of the molecule is CCC(C)(C)CC[C@](C)(CCC(=O)NCc1ccccc1)CC[C@]1(C)CC(=O)C=C2[C@@]3(C)C=C(C#N)C(=O)C(C)(C)[C@@H]3CC[C@]21C. The van der Waals surface area contributed by atoms with Crippen LogP contribution in [0.4, 0.5) is 0 Å². The number of amides is 1. The van der Waals surface area contributed by atoms with Crippen molar-refractivity contribution in [3.05, 3.63) is 59.2 Å². The molecule has 1 fully saturated rings. The number of nitriles is 1. The summed E-state index contributed by atoms with van der Waals surface area (Å²) in [7, 11) is 0. The van der Waals surface area contributed by atoms with Gasteiger partial charge in [-0.3, -0.25) is 14.4 Å². The molecule has 1 N–H and O–H groups in total. The lowest BCUT2D eigenvalue weighted by molar-refractivity contribution is -0.133. The van der Waals surface area contributed by atoms with Gasteiger partial charge < -0.3 is 5.32 Å². The third-order valence-corrected chi connectivity index (χ3v) is 13.2. The summed E-state index contributed by atoms with van der Waals surface area (Å²) < 4.78 is 0. The van der Waals surface area contributed by atoms with Gasteiger partial charge in [0.1, 0.15) is 6.07 Å².